The van der Waals surface area contributed by atoms with E-state index in [-0.39, 0.29) is 0 Å². The van der Waals surface area contributed by atoms with Crippen LogP contribution in [0.2, 0.25) is 0 Å². The minimum absolute atomic E-state index is 0.321. The van der Waals surface area contributed by atoms with Crippen molar-refractivity contribution in [1.82, 2.24) is 0 Å². The van der Waals surface area contributed by atoms with E-state index in [1.807, 2.05) is 12.2 Å². The van der Waals surface area contributed by atoms with Gasteiger partial charge in [-0.05, 0) is 19.3 Å². The third-order valence-corrected chi connectivity index (χ3v) is 2.84. The molecule has 1 heteroatoms. The lowest BCUT2D eigenvalue weighted by atomic mass is 9.97. The van der Waals surface area contributed by atoms with Gasteiger partial charge in [0.15, 0.2) is 5.78 Å². The fourth-order valence-electron chi connectivity index (χ4n) is 2.13. The molecule has 68 valence electrons. The molecular formula is C12H14O. The first-order valence-corrected chi connectivity index (χ1v) is 4.81. The maximum absolute atomic E-state index is 11.5. The molecule has 1 unspecified atom stereocenters. The third-order valence-electron chi connectivity index (χ3n) is 2.84. The van der Waals surface area contributed by atoms with Gasteiger partial charge in [0, 0.05) is 12.0 Å². The van der Waals surface area contributed by atoms with Gasteiger partial charge in [0.05, 0.1) is 0 Å². The SMILES string of the molecule is CC1=CC(C)C2=C(C=C1)C(=O)CC2. The molecule has 0 saturated heterocycles. The van der Waals surface area contributed by atoms with Crippen LogP contribution in [0.1, 0.15) is 26.7 Å². The predicted molar refractivity (Wildman–Crippen MR) is 53.3 cm³/mol. The molecule has 1 atom stereocenters. The van der Waals surface area contributed by atoms with Gasteiger partial charge in [-0.3, -0.25) is 4.79 Å². The molecule has 2 rings (SSSR count). The number of ketones is 1. The van der Waals surface area contributed by atoms with E-state index in [4.69, 9.17) is 0 Å². The van der Waals surface area contributed by atoms with Crippen LogP contribution in [0.5, 0.6) is 0 Å². The molecule has 0 aromatic heterocycles. The normalized spacial score (nSPS) is 27.4. The second-order valence-corrected chi connectivity index (χ2v) is 3.89. The average molecular weight is 174 g/mol. The standard InChI is InChI=1S/C12H14O/c1-8-3-4-11-10(9(2)7-8)5-6-12(11)13/h3-4,7,9H,5-6H2,1-2H3. The topological polar surface area (TPSA) is 17.1 Å². The van der Waals surface area contributed by atoms with Gasteiger partial charge in [-0.25, -0.2) is 0 Å². The first kappa shape index (κ1) is 8.49. The van der Waals surface area contributed by atoms with Gasteiger partial charge in [-0.2, -0.15) is 0 Å². The fourth-order valence-corrected chi connectivity index (χ4v) is 2.13. The van der Waals surface area contributed by atoms with Crippen LogP contribution in [0.25, 0.3) is 0 Å². The first-order chi connectivity index (χ1) is 6.18. The van der Waals surface area contributed by atoms with Gasteiger partial charge in [0.1, 0.15) is 0 Å². The minimum Gasteiger partial charge on any atom is -0.294 e. The summed E-state index contributed by atoms with van der Waals surface area (Å²) in [6.07, 6.45) is 7.94. The maximum atomic E-state index is 11.5. The van der Waals surface area contributed by atoms with Crippen molar-refractivity contribution in [3.63, 3.8) is 0 Å². The van der Waals surface area contributed by atoms with Crippen LogP contribution in [0.15, 0.2) is 34.9 Å². The van der Waals surface area contributed by atoms with Gasteiger partial charge in [0.25, 0.3) is 0 Å². The highest BCUT2D eigenvalue weighted by Crippen LogP contribution is 2.33. The van der Waals surface area contributed by atoms with E-state index < -0.39 is 0 Å². The molecule has 1 nitrogen and oxygen atoms in total. The summed E-state index contributed by atoms with van der Waals surface area (Å²) in [6, 6.07) is 0. The summed E-state index contributed by atoms with van der Waals surface area (Å²) in [5.74, 6) is 0.762. The molecule has 0 aromatic rings. The lowest BCUT2D eigenvalue weighted by molar-refractivity contribution is -0.114. The summed E-state index contributed by atoms with van der Waals surface area (Å²) in [7, 11) is 0. The Morgan fingerprint density at radius 3 is 2.85 bits per heavy atom. The lowest BCUT2D eigenvalue weighted by Crippen LogP contribution is -1.96. The quantitative estimate of drug-likeness (QED) is 0.552. The van der Waals surface area contributed by atoms with E-state index in [1.165, 1.54) is 11.1 Å². The number of carbonyl (C=O) groups is 1. The van der Waals surface area contributed by atoms with E-state index in [1.54, 1.807) is 0 Å². The van der Waals surface area contributed by atoms with Crippen molar-refractivity contribution in [2.45, 2.75) is 26.7 Å². The second kappa shape index (κ2) is 2.99. The first-order valence-electron chi connectivity index (χ1n) is 4.81. The molecule has 0 heterocycles. The van der Waals surface area contributed by atoms with Crippen molar-refractivity contribution >= 4 is 5.78 Å². The largest absolute Gasteiger partial charge is 0.294 e. The maximum Gasteiger partial charge on any atom is 0.163 e. The van der Waals surface area contributed by atoms with Gasteiger partial charge in [0.2, 0.25) is 0 Å². The van der Waals surface area contributed by atoms with Crippen LogP contribution >= 0.6 is 0 Å². The second-order valence-electron chi connectivity index (χ2n) is 3.89. The van der Waals surface area contributed by atoms with E-state index in [9.17, 15) is 4.79 Å². The van der Waals surface area contributed by atoms with E-state index >= 15 is 0 Å². The fraction of sp³-hybridized carbons (Fsp3) is 0.417. The number of Topliss-reactive ketones (excluding diaryl/α,β-unsaturated/α-hetero) is 1. The van der Waals surface area contributed by atoms with Crippen molar-refractivity contribution in [3.8, 4) is 0 Å². The molecule has 0 aliphatic heterocycles. The number of rotatable bonds is 0. The Balaban J connectivity index is 2.45. The molecule has 0 fully saturated rings. The molecule has 0 bridgehead atoms. The smallest absolute Gasteiger partial charge is 0.163 e. The van der Waals surface area contributed by atoms with E-state index in [2.05, 4.69) is 19.9 Å². The van der Waals surface area contributed by atoms with Crippen LogP contribution in [-0.4, -0.2) is 5.78 Å². The minimum atomic E-state index is 0.321. The Hall–Kier alpha value is -1.11. The third kappa shape index (κ3) is 1.39. The number of hydrogen-bond donors (Lipinski definition) is 0. The summed E-state index contributed by atoms with van der Waals surface area (Å²) in [6.45, 7) is 4.25. The van der Waals surface area contributed by atoms with Crippen molar-refractivity contribution in [3.05, 3.63) is 34.9 Å². The van der Waals surface area contributed by atoms with Gasteiger partial charge >= 0.3 is 0 Å². The molecule has 0 aromatic carbocycles. The molecule has 0 saturated carbocycles. The van der Waals surface area contributed by atoms with Gasteiger partial charge < -0.3 is 0 Å². The number of hydrogen-bond acceptors (Lipinski definition) is 1. The zero-order chi connectivity index (χ0) is 9.42. The molecule has 0 N–H and O–H groups in total. The Labute approximate surface area is 78.8 Å². The highest BCUT2D eigenvalue weighted by Gasteiger charge is 2.24. The van der Waals surface area contributed by atoms with Crippen LogP contribution in [0.3, 0.4) is 0 Å². The predicted octanol–water partition coefficient (Wildman–Crippen LogP) is 2.80. The van der Waals surface area contributed by atoms with Crippen LogP contribution in [-0.2, 0) is 4.79 Å². The van der Waals surface area contributed by atoms with Gasteiger partial charge in [-0.15, -0.1) is 0 Å². The molecule has 0 amide bonds. The van der Waals surface area contributed by atoms with Crippen molar-refractivity contribution in [2.24, 2.45) is 5.92 Å². The highest BCUT2D eigenvalue weighted by molar-refractivity contribution is 6.01. The van der Waals surface area contributed by atoms with E-state index in [0.717, 1.165) is 12.0 Å². The molecule has 0 spiro atoms. The molecule has 2 aliphatic rings. The van der Waals surface area contributed by atoms with Gasteiger partial charge in [-0.1, -0.05) is 36.3 Å². The Kier molecular flexibility index (Phi) is 1.95. The monoisotopic (exact) mass is 174 g/mol. The lowest BCUT2D eigenvalue weighted by Gasteiger charge is -2.07. The summed E-state index contributed by atoms with van der Waals surface area (Å²) >= 11 is 0. The highest BCUT2D eigenvalue weighted by atomic mass is 16.1. The van der Waals surface area contributed by atoms with Crippen LogP contribution in [0.4, 0.5) is 0 Å². The zero-order valence-electron chi connectivity index (χ0n) is 8.13. The van der Waals surface area contributed by atoms with Crippen molar-refractivity contribution in [1.29, 1.82) is 0 Å². The van der Waals surface area contributed by atoms with Crippen molar-refractivity contribution in [2.75, 3.05) is 0 Å². The zero-order valence-corrected chi connectivity index (χ0v) is 8.13. The van der Waals surface area contributed by atoms with E-state index in [0.29, 0.717) is 18.1 Å². The van der Waals surface area contributed by atoms with Crippen LogP contribution < -0.4 is 0 Å². The Bertz CT molecular complexity index is 342. The summed E-state index contributed by atoms with van der Waals surface area (Å²) in [5.41, 5.74) is 3.56. The summed E-state index contributed by atoms with van der Waals surface area (Å²) in [4.78, 5) is 11.5. The summed E-state index contributed by atoms with van der Waals surface area (Å²) in [5, 5.41) is 0. The number of allylic oxidation sites excluding steroid dienone is 6. The molecular weight excluding hydrogens is 160 g/mol. The molecule has 13 heavy (non-hydrogen) atoms. The molecule has 2 aliphatic carbocycles. The van der Waals surface area contributed by atoms with Crippen LogP contribution in [0, 0.1) is 5.92 Å². The van der Waals surface area contributed by atoms with Crippen molar-refractivity contribution < 1.29 is 4.79 Å². The number of carbonyl (C=O) groups excluding carboxylic acids is 1. The average Bonchev–Trinajstić information content (AvgIpc) is 2.36. The Morgan fingerprint density at radius 1 is 1.31 bits per heavy atom. The summed E-state index contributed by atoms with van der Waals surface area (Å²) < 4.78 is 0. The Morgan fingerprint density at radius 2 is 2.08 bits per heavy atom. The molecule has 0 radical (unpaired) electrons.